The molecule has 2 nitrogen and oxygen atoms in total. The highest BCUT2D eigenvalue weighted by Gasteiger charge is 2.03. The van der Waals surface area contributed by atoms with Gasteiger partial charge in [-0.25, -0.2) is 0 Å². The summed E-state index contributed by atoms with van der Waals surface area (Å²) in [6.07, 6.45) is 0. The monoisotopic (exact) mass is 222 g/mol. The molecule has 0 bridgehead atoms. The van der Waals surface area contributed by atoms with Gasteiger partial charge in [0.1, 0.15) is 0 Å². The summed E-state index contributed by atoms with van der Waals surface area (Å²) in [4.78, 5) is 0. The van der Waals surface area contributed by atoms with Crippen molar-refractivity contribution in [3.63, 3.8) is 0 Å². The van der Waals surface area contributed by atoms with Gasteiger partial charge in [-0.2, -0.15) is 0 Å². The van der Waals surface area contributed by atoms with Crippen LogP contribution < -0.4 is 11.5 Å². The number of halogens is 2. The maximum atomic E-state index is 5.80. The molecule has 0 amide bonds. The van der Waals surface area contributed by atoms with E-state index in [1.165, 1.54) is 0 Å². The second-order valence-electron chi connectivity index (χ2n) is 2.95. The van der Waals surface area contributed by atoms with Crippen molar-refractivity contribution in [2.45, 2.75) is 20.8 Å². The van der Waals surface area contributed by atoms with E-state index >= 15 is 0 Å². The summed E-state index contributed by atoms with van der Waals surface area (Å²) < 4.78 is 0. The molecule has 4 N–H and O–H groups in total. The molecule has 1 aromatic carbocycles. The Morgan fingerprint density at radius 3 is 1.85 bits per heavy atom. The van der Waals surface area contributed by atoms with Crippen molar-refractivity contribution in [2.75, 3.05) is 11.5 Å². The first kappa shape index (κ1) is 14.9. The van der Waals surface area contributed by atoms with Crippen LogP contribution >= 0.6 is 24.8 Å². The van der Waals surface area contributed by atoms with Crippen LogP contribution in [0.1, 0.15) is 16.7 Å². The van der Waals surface area contributed by atoms with E-state index in [9.17, 15) is 0 Å². The van der Waals surface area contributed by atoms with E-state index in [0.717, 1.165) is 28.1 Å². The van der Waals surface area contributed by atoms with Gasteiger partial charge in [0.2, 0.25) is 0 Å². The summed E-state index contributed by atoms with van der Waals surface area (Å²) >= 11 is 0. The highest BCUT2D eigenvalue weighted by Crippen LogP contribution is 2.24. The zero-order valence-corrected chi connectivity index (χ0v) is 9.68. The normalized spacial score (nSPS) is 8.54. The number of benzene rings is 1. The Bertz CT molecular complexity index is 272. The Balaban J connectivity index is 0. The average Bonchev–Trinajstić information content (AvgIpc) is 1.97. The molecule has 0 aromatic heterocycles. The van der Waals surface area contributed by atoms with Crippen LogP contribution in [0.4, 0.5) is 11.4 Å². The van der Waals surface area contributed by atoms with E-state index in [0.29, 0.717) is 0 Å². The Morgan fingerprint density at radius 2 is 1.38 bits per heavy atom. The number of aryl methyl sites for hydroxylation is 1. The molecule has 0 aliphatic carbocycles. The molecule has 13 heavy (non-hydrogen) atoms. The van der Waals surface area contributed by atoms with Crippen LogP contribution in [-0.4, -0.2) is 0 Å². The lowest BCUT2D eigenvalue weighted by atomic mass is 10.0. The highest BCUT2D eigenvalue weighted by molar-refractivity contribution is 5.85. The van der Waals surface area contributed by atoms with Gasteiger partial charge >= 0.3 is 0 Å². The largest absolute Gasteiger partial charge is 0.398 e. The molecule has 0 aliphatic rings. The number of nitrogens with two attached hydrogens (primary N) is 2. The minimum absolute atomic E-state index is 0. The van der Waals surface area contributed by atoms with Gasteiger partial charge < -0.3 is 11.5 Å². The second-order valence-corrected chi connectivity index (χ2v) is 2.95. The summed E-state index contributed by atoms with van der Waals surface area (Å²) in [6.45, 7) is 5.95. The van der Waals surface area contributed by atoms with Crippen molar-refractivity contribution in [3.8, 4) is 0 Å². The van der Waals surface area contributed by atoms with Gasteiger partial charge in [0.25, 0.3) is 0 Å². The molecule has 0 aliphatic heterocycles. The summed E-state index contributed by atoms with van der Waals surface area (Å²) in [6, 6.07) is 1.91. The average molecular weight is 223 g/mol. The third-order valence-corrected chi connectivity index (χ3v) is 2.20. The number of hydrogen-bond acceptors (Lipinski definition) is 2. The fourth-order valence-corrected chi connectivity index (χ4v) is 1.13. The molecule has 0 radical (unpaired) electrons. The van der Waals surface area contributed by atoms with Crippen molar-refractivity contribution >= 4 is 36.2 Å². The molecule has 4 heteroatoms. The molecule has 0 spiro atoms. The molecule has 0 fully saturated rings. The second kappa shape index (κ2) is 5.20. The number of nitrogen functional groups attached to an aromatic ring is 2. The molecule has 1 rings (SSSR count). The molecular formula is C9H16Cl2N2. The molecule has 1 aromatic rings. The van der Waals surface area contributed by atoms with Crippen LogP contribution in [0, 0.1) is 20.8 Å². The van der Waals surface area contributed by atoms with Gasteiger partial charge in [-0.05, 0) is 43.5 Å². The summed E-state index contributed by atoms with van der Waals surface area (Å²) in [7, 11) is 0. The predicted octanol–water partition coefficient (Wildman–Crippen LogP) is 2.62. The minimum atomic E-state index is 0. The van der Waals surface area contributed by atoms with E-state index in [4.69, 9.17) is 11.5 Å². The molecule has 76 valence electrons. The van der Waals surface area contributed by atoms with E-state index < -0.39 is 0 Å². The molecule has 0 atom stereocenters. The van der Waals surface area contributed by atoms with Gasteiger partial charge in [0.15, 0.2) is 0 Å². The smallest absolute Gasteiger partial charge is 0.0377 e. The number of anilines is 2. The Morgan fingerprint density at radius 1 is 0.923 bits per heavy atom. The van der Waals surface area contributed by atoms with Gasteiger partial charge in [0, 0.05) is 11.4 Å². The topological polar surface area (TPSA) is 52.0 Å². The molecule has 0 unspecified atom stereocenters. The van der Waals surface area contributed by atoms with E-state index in [1.54, 1.807) is 0 Å². The van der Waals surface area contributed by atoms with Crippen LogP contribution in [0.5, 0.6) is 0 Å². The zero-order valence-electron chi connectivity index (χ0n) is 8.05. The van der Waals surface area contributed by atoms with Crippen molar-refractivity contribution in [3.05, 3.63) is 22.8 Å². The minimum Gasteiger partial charge on any atom is -0.398 e. The number of hydrogen-bond donors (Lipinski definition) is 2. The third-order valence-electron chi connectivity index (χ3n) is 2.20. The maximum absolute atomic E-state index is 5.80. The van der Waals surface area contributed by atoms with Crippen molar-refractivity contribution in [1.29, 1.82) is 0 Å². The SMILES string of the molecule is Cc1cc(N)c(C)c(C)c1N.Cl.Cl. The first-order chi connectivity index (χ1) is 5.04. The maximum Gasteiger partial charge on any atom is 0.0377 e. The third kappa shape index (κ3) is 2.68. The van der Waals surface area contributed by atoms with Gasteiger partial charge in [-0.3, -0.25) is 0 Å². The van der Waals surface area contributed by atoms with Gasteiger partial charge in [-0.1, -0.05) is 0 Å². The van der Waals surface area contributed by atoms with Crippen LogP contribution in [0.3, 0.4) is 0 Å². The van der Waals surface area contributed by atoms with Crippen molar-refractivity contribution < 1.29 is 0 Å². The van der Waals surface area contributed by atoms with Gasteiger partial charge in [-0.15, -0.1) is 24.8 Å². The molecule has 0 saturated carbocycles. The van der Waals surface area contributed by atoms with E-state index in [-0.39, 0.29) is 24.8 Å². The van der Waals surface area contributed by atoms with Crippen LogP contribution in [0.2, 0.25) is 0 Å². The van der Waals surface area contributed by atoms with Crippen molar-refractivity contribution in [1.82, 2.24) is 0 Å². The van der Waals surface area contributed by atoms with Crippen LogP contribution in [0.25, 0.3) is 0 Å². The summed E-state index contributed by atoms with van der Waals surface area (Å²) in [5.41, 5.74) is 16.5. The lowest BCUT2D eigenvalue weighted by Crippen LogP contribution is -2.00. The lowest BCUT2D eigenvalue weighted by molar-refractivity contribution is 1.31. The first-order valence-electron chi connectivity index (χ1n) is 3.65. The summed E-state index contributed by atoms with van der Waals surface area (Å²) in [5.74, 6) is 0. The lowest BCUT2D eigenvalue weighted by Gasteiger charge is -2.10. The Kier molecular flexibility index (Phi) is 5.96. The van der Waals surface area contributed by atoms with E-state index in [2.05, 4.69) is 0 Å². The molecule has 0 saturated heterocycles. The fraction of sp³-hybridized carbons (Fsp3) is 0.333. The van der Waals surface area contributed by atoms with Crippen LogP contribution in [0.15, 0.2) is 6.07 Å². The van der Waals surface area contributed by atoms with Crippen molar-refractivity contribution in [2.24, 2.45) is 0 Å². The zero-order chi connectivity index (χ0) is 8.59. The molecular weight excluding hydrogens is 207 g/mol. The Labute approximate surface area is 91.5 Å². The van der Waals surface area contributed by atoms with E-state index in [1.807, 2.05) is 26.8 Å². The Hall–Kier alpha value is -0.600. The quantitative estimate of drug-likeness (QED) is 0.664. The standard InChI is InChI=1S/C9H14N2.2ClH/c1-5-4-8(10)6(2)7(3)9(5)11;;/h4H,10-11H2,1-3H3;2*1H. The van der Waals surface area contributed by atoms with Crippen LogP contribution in [-0.2, 0) is 0 Å². The van der Waals surface area contributed by atoms with Gasteiger partial charge in [0.05, 0.1) is 0 Å². The summed E-state index contributed by atoms with van der Waals surface area (Å²) in [5, 5.41) is 0. The first-order valence-corrected chi connectivity index (χ1v) is 3.65. The predicted molar refractivity (Wildman–Crippen MR) is 64.0 cm³/mol. The highest BCUT2D eigenvalue weighted by atomic mass is 35.5. The molecule has 0 heterocycles. The number of rotatable bonds is 0. The fourth-order valence-electron chi connectivity index (χ4n) is 1.13.